The summed E-state index contributed by atoms with van der Waals surface area (Å²) in [6, 6.07) is 3.49. The highest BCUT2D eigenvalue weighted by Gasteiger charge is 2.30. The average Bonchev–Trinajstić information content (AvgIpc) is 3.23. The Morgan fingerprint density at radius 3 is 3.04 bits per heavy atom. The molecular formula is C16H20N4O2S2. The van der Waals surface area contributed by atoms with Gasteiger partial charge in [-0.1, -0.05) is 6.07 Å². The lowest BCUT2D eigenvalue weighted by Crippen LogP contribution is -2.55. The van der Waals surface area contributed by atoms with E-state index < -0.39 is 6.04 Å². The maximum Gasteiger partial charge on any atom is 0.237 e. The first-order valence-electron chi connectivity index (χ1n) is 7.82. The van der Waals surface area contributed by atoms with Gasteiger partial charge in [0.2, 0.25) is 11.8 Å². The Bertz CT molecular complexity index is 672. The molecule has 3 rings (SSSR count). The number of carbonyl (C=O) groups excluding carboxylic acids is 2. The molecule has 2 atom stereocenters. The topological polar surface area (TPSA) is 74.3 Å². The fourth-order valence-corrected chi connectivity index (χ4v) is 4.18. The Morgan fingerprint density at radius 2 is 2.38 bits per heavy atom. The first kappa shape index (κ1) is 17.1. The first-order valence-corrected chi connectivity index (χ1v) is 9.58. The van der Waals surface area contributed by atoms with Gasteiger partial charge in [-0.15, -0.1) is 22.7 Å². The average molecular weight is 364 g/mol. The quantitative estimate of drug-likeness (QED) is 0.813. The molecule has 0 saturated carbocycles. The van der Waals surface area contributed by atoms with Crippen LogP contribution in [0.4, 0.5) is 0 Å². The normalized spacial score (nSPS) is 19.7. The molecule has 3 heterocycles. The summed E-state index contributed by atoms with van der Waals surface area (Å²) in [5, 5.41) is 10.7. The van der Waals surface area contributed by atoms with Gasteiger partial charge in [-0.3, -0.25) is 14.5 Å². The van der Waals surface area contributed by atoms with Crippen LogP contribution in [0.2, 0.25) is 0 Å². The number of hydrogen-bond donors (Lipinski definition) is 2. The second kappa shape index (κ2) is 7.87. The Balaban J connectivity index is 1.65. The lowest BCUT2D eigenvalue weighted by atomic mass is 10.1. The van der Waals surface area contributed by atoms with Crippen LogP contribution in [0.15, 0.2) is 29.1 Å². The van der Waals surface area contributed by atoms with Gasteiger partial charge in [0.15, 0.2) is 0 Å². The third-order valence-corrected chi connectivity index (χ3v) is 5.84. The molecule has 0 aromatic carbocycles. The summed E-state index contributed by atoms with van der Waals surface area (Å²) in [6.45, 7) is 1.39. The van der Waals surface area contributed by atoms with Crippen molar-refractivity contribution >= 4 is 34.5 Å². The first-order chi connectivity index (χ1) is 11.6. The molecule has 0 spiro atoms. The van der Waals surface area contributed by atoms with E-state index in [4.69, 9.17) is 0 Å². The number of nitrogens with zero attached hydrogens (tertiary/aromatic N) is 2. The molecule has 6 nitrogen and oxygen atoms in total. The van der Waals surface area contributed by atoms with E-state index in [9.17, 15) is 9.59 Å². The van der Waals surface area contributed by atoms with Crippen molar-refractivity contribution < 1.29 is 9.59 Å². The van der Waals surface area contributed by atoms with Crippen LogP contribution < -0.4 is 10.6 Å². The molecule has 2 N–H and O–H groups in total. The van der Waals surface area contributed by atoms with Crippen LogP contribution in [0.1, 0.15) is 22.3 Å². The number of piperazine rings is 1. The van der Waals surface area contributed by atoms with E-state index in [1.165, 1.54) is 16.2 Å². The van der Waals surface area contributed by atoms with Crippen LogP contribution in [0.25, 0.3) is 0 Å². The molecule has 2 aromatic rings. The Kier molecular flexibility index (Phi) is 5.60. The zero-order valence-corrected chi connectivity index (χ0v) is 15.0. The van der Waals surface area contributed by atoms with E-state index in [1.807, 2.05) is 28.8 Å². The molecule has 1 fully saturated rings. The van der Waals surface area contributed by atoms with Crippen LogP contribution >= 0.6 is 22.7 Å². The van der Waals surface area contributed by atoms with Crippen molar-refractivity contribution in [3.05, 3.63) is 39.0 Å². The van der Waals surface area contributed by atoms with E-state index in [1.54, 1.807) is 17.5 Å². The van der Waals surface area contributed by atoms with Crippen LogP contribution in [0.3, 0.4) is 0 Å². The third-order valence-electron chi connectivity index (χ3n) is 4.05. The van der Waals surface area contributed by atoms with Crippen LogP contribution in [0, 0.1) is 0 Å². The minimum absolute atomic E-state index is 0.0806. The van der Waals surface area contributed by atoms with Crippen molar-refractivity contribution in [1.82, 2.24) is 20.5 Å². The lowest BCUT2D eigenvalue weighted by Gasteiger charge is -2.31. The number of aromatic nitrogens is 1. The molecular weight excluding hydrogens is 344 g/mol. The Labute approximate surface area is 148 Å². The van der Waals surface area contributed by atoms with E-state index in [0.717, 1.165) is 11.6 Å². The largest absolute Gasteiger partial charge is 0.353 e. The molecule has 1 saturated heterocycles. The number of carbonyl (C=O) groups is 2. The van der Waals surface area contributed by atoms with Gasteiger partial charge < -0.3 is 10.6 Å². The molecule has 128 valence electrons. The van der Waals surface area contributed by atoms with Gasteiger partial charge in [-0.25, -0.2) is 4.98 Å². The lowest BCUT2D eigenvalue weighted by molar-refractivity contribution is -0.133. The van der Waals surface area contributed by atoms with Gasteiger partial charge in [-0.05, 0) is 18.5 Å². The van der Waals surface area contributed by atoms with Crippen LogP contribution in [-0.2, 0) is 16.0 Å². The van der Waals surface area contributed by atoms with Crippen molar-refractivity contribution in [2.24, 2.45) is 0 Å². The summed E-state index contributed by atoms with van der Waals surface area (Å²) in [5.74, 6) is -0.205. The van der Waals surface area contributed by atoms with Crippen molar-refractivity contribution in [2.75, 3.05) is 20.1 Å². The molecule has 1 aliphatic heterocycles. The molecule has 24 heavy (non-hydrogen) atoms. The zero-order valence-electron chi connectivity index (χ0n) is 13.4. The number of nitrogens with one attached hydrogen (secondary N) is 2. The van der Waals surface area contributed by atoms with Crippen LogP contribution in [0.5, 0.6) is 0 Å². The standard InChI is InChI=1S/C16H20N4O2S2/c1-20-6-4-17-15(22)13(20)10-14(21)19-12(16-18-5-8-24-16)9-11-3-2-7-23-11/h2-3,5,7-8,12-13H,4,6,9-10H2,1H3,(H,17,22)(H,19,21)/t12-,13+/m1/s1. The molecule has 0 radical (unpaired) electrons. The predicted octanol–water partition coefficient (Wildman–Crippen LogP) is 1.42. The van der Waals surface area contributed by atoms with E-state index in [2.05, 4.69) is 21.7 Å². The minimum atomic E-state index is -0.405. The summed E-state index contributed by atoms with van der Waals surface area (Å²) >= 11 is 3.20. The highest BCUT2D eigenvalue weighted by atomic mass is 32.1. The molecule has 0 unspecified atom stereocenters. The van der Waals surface area contributed by atoms with Crippen LogP contribution in [-0.4, -0.2) is 47.9 Å². The van der Waals surface area contributed by atoms with Gasteiger partial charge in [0.25, 0.3) is 0 Å². The van der Waals surface area contributed by atoms with E-state index in [0.29, 0.717) is 13.0 Å². The van der Waals surface area contributed by atoms with Crippen molar-refractivity contribution in [2.45, 2.75) is 24.9 Å². The molecule has 0 aliphatic carbocycles. The summed E-state index contributed by atoms with van der Waals surface area (Å²) in [5.41, 5.74) is 0. The molecule has 2 amide bonds. The van der Waals surface area contributed by atoms with Gasteiger partial charge in [0.1, 0.15) is 5.01 Å². The molecule has 2 aromatic heterocycles. The number of hydrogen-bond acceptors (Lipinski definition) is 6. The highest BCUT2D eigenvalue weighted by Crippen LogP contribution is 2.23. The van der Waals surface area contributed by atoms with Gasteiger partial charge in [-0.2, -0.15) is 0 Å². The monoisotopic (exact) mass is 364 g/mol. The SMILES string of the molecule is CN1CCNC(=O)[C@@H]1CC(=O)N[C@H](Cc1cccs1)c1nccs1. The Morgan fingerprint density at radius 1 is 1.50 bits per heavy atom. The molecule has 0 bridgehead atoms. The van der Waals surface area contributed by atoms with Crippen molar-refractivity contribution in [1.29, 1.82) is 0 Å². The number of rotatable bonds is 6. The zero-order chi connectivity index (χ0) is 16.9. The fraction of sp³-hybridized carbons (Fsp3) is 0.438. The Hall–Kier alpha value is -1.77. The second-order valence-electron chi connectivity index (χ2n) is 5.77. The molecule has 8 heteroatoms. The van der Waals surface area contributed by atoms with E-state index >= 15 is 0 Å². The summed E-state index contributed by atoms with van der Waals surface area (Å²) in [7, 11) is 1.88. The number of likely N-dealkylation sites (N-methyl/N-ethyl adjacent to an activating group) is 1. The number of thiophene rings is 1. The van der Waals surface area contributed by atoms with Gasteiger partial charge in [0, 0.05) is 36.0 Å². The predicted molar refractivity (Wildman–Crippen MR) is 95.1 cm³/mol. The summed E-state index contributed by atoms with van der Waals surface area (Å²) in [4.78, 5) is 31.9. The maximum absolute atomic E-state index is 12.5. The smallest absolute Gasteiger partial charge is 0.237 e. The van der Waals surface area contributed by atoms with E-state index in [-0.39, 0.29) is 24.3 Å². The third kappa shape index (κ3) is 4.19. The van der Waals surface area contributed by atoms with Gasteiger partial charge >= 0.3 is 0 Å². The maximum atomic E-state index is 12.5. The summed E-state index contributed by atoms with van der Waals surface area (Å²) < 4.78 is 0. The fourth-order valence-electron chi connectivity index (χ4n) is 2.74. The second-order valence-corrected chi connectivity index (χ2v) is 7.72. The summed E-state index contributed by atoms with van der Waals surface area (Å²) in [6.07, 6.45) is 2.62. The number of amides is 2. The van der Waals surface area contributed by atoms with Crippen molar-refractivity contribution in [3.8, 4) is 0 Å². The van der Waals surface area contributed by atoms with Gasteiger partial charge in [0.05, 0.1) is 18.5 Å². The highest BCUT2D eigenvalue weighted by molar-refractivity contribution is 7.10. The number of thiazole rings is 1. The minimum Gasteiger partial charge on any atom is -0.353 e. The van der Waals surface area contributed by atoms with Crippen molar-refractivity contribution in [3.63, 3.8) is 0 Å². The molecule has 1 aliphatic rings.